The minimum atomic E-state index is 0.344. The highest BCUT2D eigenvalue weighted by molar-refractivity contribution is 5.57. The molecule has 0 radical (unpaired) electrons. The number of nitrogen functional groups attached to an aromatic ring is 1. The molecule has 0 saturated heterocycles. The van der Waals surface area contributed by atoms with Crippen LogP contribution in [0, 0.1) is 0 Å². The molecule has 0 bridgehead atoms. The molecular weight excluding hydrogens is 352 g/mol. The summed E-state index contributed by atoms with van der Waals surface area (Å²) in [6.45, 7) is 2.48. The molecule has 4 heterocycles. The van der Waals surface area contributed by atoms with Crippen molar-refractivity contribution in [3.8, 4) is 17.1 Å². The van der Waals surface area contributed by atoms with Gasteiger partial charge in [-0.05, 0) is 24.3 Å². The van der Waals surface area contributed by atoms with Crippen molar-refractivity contribution in [1.82, 2.24) is 24.6 Å². The molecule has 1 aliphatic rings. The van der Waals surface area contributed by atoms with Crippen molar-refractivity contribution in [3.63, 3.8) is 0 Å². The van der Waals surface area contributed by atoms with Gasteiger partial charge in [0.2, 0.25) is 5.95 Å². The lowest BCUT2D eigenvalue weighted by Crippen LogP contribution is -2.31. The Morgan fingerprint density at radius 2 is 2.00 bits per heavy atom. The molecule has 5 rings (SSSR count). The smallest absolute Gasteiger partial charge is 0.220 e. The van der Waals surface area contributed by atoms with Crippen molar-refractivity contribution in [1.29, 1.82) is 0 Å². The molecule has 0 amide bonds. The van der Waals surface area contributed by atoms with E-state index >= 15 is 0 Å². The fraction of sp³-hybridized carbons (Fsp3) is 0.190. The first-order valence-electron chi connectivity index (χ1n) is 9.27. The van der Waals surface area contributed by atoms with E-state index in [1.54, 1.807) is 6.26 Å². The lowest BCUT2D eigenvalue weighted by Gasteiger charge is -2.27. The van der Waals surface area contributed by atoms with E-state index in [2.05, 4.69) is 21.1 Å². The van der Waals surface area contributed by atoms with Gasteiger partial charge in [-0.1, -0.05) is 18.2 Å². The van der Waals surface area contributed by atoms with Crippen LogP contribution in [-0.4, -0.2) is 31.2 Å². The number of hydrogen-bond donors (Lipinski definition) is 1. The Labute approximate surface area is 162 Å². The van der Waals surface area contributed by atoms with Gasteiger partial charge in [-0.3, -0.25) is 4.90 Å². The molecule has 2 N–H and O–H groups in total. The number of fused-ring (bicyclic) bond motifs is 1. The van der Waals surface area contributed by atoms with Crippen molar-refractivity contribution >= 4 is 5.95 Å². The van der Waals surface area contributed by atoms with Gasteiger partial charge in [0, 0.05) is 49.6 Å². The second-order valence-corrected chi connectivity index (χ2v) is 6.92. The van der Waals surface area contributed by atoms with Crippen molar-refractivity contribution in [2.45, 2.75) is 19.5 Å². The third kappa shape index (κ3) is 3.16. The minimum Gasteiger partial charge on any atom is -0.463 e. The van der Waals surface area contributed by atoms with Crippen LogP contribution < -0.4 is 5.73 Å². The highest BCUT2D eigenvalue weighted by Gasteiger charge is 2.22. The summed E-state index contributed by atoms with van der Waals surface area (Å²) in [5, 5.41) is 4.80. The summed E-state index contributed by atoms with van der Waals surface area (Å²) in [5.41, 5.74) is 10.9. The monoisotopic (exact) mass is 372 g/mol. The van der Waals surface area contributed by atoms with Crippen molar-refractivity contribution in [2.24, 2.45) is 0 Å². The van der Waals surface area contributed by atoms with Crippen LogP contribution in [0.4, 0.5) is 5.95 Å². The van der Waals surface area contributed by atoms with Gasteiger partial charge in [0.25, 0.3) is 0 Å². The van der Waals surface area contributed by atoms with Gasteiger partial charge in [-0.15, -0.1) is 0 Å². The average molecular weight is 372 g/mol. The van der Waals surface area contributed by atoms with Crippen LogP contribution in [0.3, 0.4) is 0 Å². The van der Waals surface area contributed by atoms with Gasteiger partial charge in [-0.25, -0.2) is 14.6 Å². The summed E-state index contributed by atoms with van der Waals surface area (Å²) in [7, 11) is 0. The second-order valence-electron chi connectivity index (χ2n) is 6.92. The van der Waals surface area contributed by atoms with Gasteiger partial charge in [0.15, 0.2) is 5.76 Å². The number of rotatable bonds is 4. The van der Waals surface area contributed by atoms with Gasteiger partial charge in [-0.2, -0.15) is 5.10 Å². The van der Waals surface area contributed by atoms with Crippen LogP contribution in [0.1, 0.15) is 16.8 Å². The van der Waals surface area contributed by atoms with Gasteiger partial charge in [0.1, 0.15) is 5.69 Å². The molecule has 0 fully saturated rings. The van der Waals surface area contributed by atoms with Gasteiger partial charge < -0.3 is 10.2 Å². The van der Waals surface area contributed by atoms with Crippen LogP contribution in [0.25, 0.3) is 17.1 Å². The van der Waals surface area contributed by atoms with Crippen LogP contribution in [-0.2, 0) is 19.5 Å². The fourth-order valence-electron chi connectivity index (χ4n) is 3.62. The van der Waals surface area contributed by atoms with Gasteiger partial charge in [0.05, 0.1) is 17.6 Å². The molecule has 7 nitrogen and oxygen atoms in total. The fourth-order valence-corrected chi connectivity index (χ4v) is 3.62. The summed E-state index contributed by atoms with van der Waals surface area (Å²) in [5.74, 6) is 1.12. The van der Waals surface area contributed by atoms with E-state index in [-0.39, 0.29) is 0 Å². The largest absolute Gasteiger partial charge is 0.463 e. The van der Waals surface area contributed by atoms with E-state index in [9.17, 15) is 0 Å². The topological polar surface area (TPSA) is 86.0 Å². The summed E-state index contributed by atoms with van der Waals surface area (Å²) in [4.78, 5) is 10.9. The predicted molar refractivity (Wildman–Crippen MR) is 106 cm³/mol. The second kappa shape index (κ2) is 6.94. The Bertz CT molecular complexity index is 1090. The Morgan fingerprint density at radius 3 is 2.82 bits per heavy atom. The first-order valence-corrected chi connectivity index (χ1v) is 9.27. The maximum Gasteiger partial charge on any atom is 0.220 e. The molecule has 0 unspecified atom stereocenters. The maximum atomic E-state index is 5.71. The van der Waals surface area contributed by atoms with Crippen molar-refractivity contribution in [2.75, 3.05) is 12.3 Å². The highest BCUT2D eigenvalue weighted by atomic mass is 16.3. The number of anilines is 1. The van der Waals surface area contributed by atoms with Crippen LogP contribution >= 0.6 is 0 Å². The molecule has 0 aliphatic carbocycles. The molecule has 1 aliphatic heterocycles. The molecule has 0 atom stereocenters. The summed E-state index contributed by atoms with van der Waals surface area (Å²) in [6, 6.07) is 13.9. The minimum absolute atomic E-state index is 0.344. The zero-order valence-electron chi connectivity index (χ0n) is 15.3. The zero-order chi connectivity index (χ0) is 18.9. The van der Waals surface area contributed by atoms with Crippen LogP contribution in [0.2, 0.25) is 0 Å². The number of nitrogens with zero attached hydrogens (tertiary/aromatic N) is 5. The molecule has 1 aromatic carbocycles. The molecule has 28 heavy (non-hydrogen) atoms. The lowest BCUT2D eigenvalue weighted by atomic mass is 10.1. The van der Waals surface area contributed by atoms with Crippen molar-refractivity contribution < 1.29 is 4.42 Å². The SMILES string of the molecule is Nc1ncc2c(n1)CCN(Cc1cn(-c3ccccc3)nc1-c1ccco1)C2. The third-order valence-corrected chi connectivity index (χ3v) is 4.99. The maximum absolute atomic E-state index is 5.71. The van der Waals surface area contributed by atoms with E-state index in [0.29, 0.717) is 5.95 Å². The lowest BCUT2D eigenvalue weighted by molar-refractivity contribution is 0.243. The highest BCUT2D eigenvalue weighted by Crippen LogP contribution is 2.27. The van der Waals surface area contributed by atoms with Crippen LogP contribution in [0.15, 0.2) is 65.5 Å². The number of aromatic nitrogens is 4. The first kappa shape index (κ1) is 16.7. The normalized spacial score (nSPS) is 14.1. The quantitative estimate of drug-likeness (QED) is 0.592. The van der Waals surface area contributed by atoms with Crippen molar-refractivity contribution in [3.05, 3.63) is 77.9 Å². The number of hydrogen-bond acceptors (Lipinski definition) is 6. The molecule has 4 aromatic rings. The molecule has 140 valence electrons. The van der Waals surface area contributed by atoms with E-state index in [4.69, 9.17) is 15.2 Å². The zero-order valence-corrected chi connectivity index (χ0v) is 15.3. The van der Waals surface area contributed by atoms with E-state index < -0.39 is 0 Å². The van der Waals surface area contributed by atoms with Gasteiger partial charge >= 0.3 is 0 Å². The molecule has 7 heteroatoms. The summed E-state index contributed by atoms with van der Waals surface area (Å²) >= 11 is 0. The molecule has 0 saturated carbocycles. The average Bonchev–Trinajstić information content (AvgIpc) is 3.39. The number of para-hydroxylation sites is 1. The summed E-state index contributed by atoms with van der Waals surface area (Å²) in [6.07, 6.45) is 6.47. The molecular formula is C21H20N6O. The summed E-state index contributed by atoms with van der Waals surface area (Å²) < 4.78 is 7.55. The number of benzene rings is 1. The standard InChI is InChI=1S/C21H20N6O/c22-21-23-11-15-12-26(9-8-18(15)24-21)13-16-14-27(17-5-2-1-3-6-17)25-20(16)19-7-4-10-28-19/h1-7,10-11,14H,8-9,12-13H2,(H2,22,23,24). The number of furan rings is 1. The van der Waals surface area contributed by atoms with E-state index in [1.165, 1.54) is 0 Å². The van der Waals surface area contributed by atoms with Crippen LogP contribution in [0.5, 0.6) is 0 Å². The molecule has 0 spiro atoms. The predicted octanol–water partition coefficient (Wildman–Crippen LogP) is 3.06. The number of nitrogens with two attached hydrogens (primary N) is 1. The Hall–Kier alpha value is -3.45. The Kier molecular flexibility index (Phi) is 4.14. The van der Waals surface area contributed by atoms with E-state index in [1.807, 2.05) is 53.3 Å². The Balaban J connectivity index is 1.46. The third-order valence-electron chi connectivity index (χ3n) is 4.99. The first-order chi connectivity index (χ1) is 13.8. The Morgan fingerprint density at radius 1 is 1.11 bits per heavy atom. The van der Waals surface area contributed by atoms with E-state index in [0.717, 1.165) is 60.0 Å². The molecule has 3 aromatic heterocycles.